The van der Waals surface area contributed by atoms with Crippen LogP contribution >= 0.6 is 0 Å². The van der Waals surface area contributed by atoms with Gasteiger partial charge in [0.05, 0.1) is 5.56 Å². The number of carboxylic acid groups (broad SMARTS) is 1. The molecule has 2 rings (SSSR count). The van der Waals surface area contributed by atoms with Crippen LogP contribution in [0.3, 0.4) is 0 Å². The highest BCUT2D eigenvalue weighted by Crippen LogP contribution is 2.20. The normalized spacial score (nSPS) is 14.1. The van der Waals surface area contributed by atoms with Gasteiger partial charge >= 0.3 is 0 Å². The largest absolute Gasteiger partial charge is 0.481 e. The Morgan fingerprint density at radius 3 is 2.58 bits per heavy atom. The molecule has 0 atom stereocenters. The number of carbonyl (C=O) groups is 1. The number of nitrogen functional groups attached to an aromatic ring is 2. The van der Waals surface area contributed by atoms with Crippen LogP contribution in [0, 0.1) is 0 Å². The molecular formula is C11H17N5O3. The van der Waals surface area contributed by atoms with Gasteiger partial charge in [0.25, 0.3) is 11.5 Å². The number of carboxylic acids is 1. The lowest BCUT2D eigenvalue weighted by Gasteiger charge is -2.14. The van der Waals surface area contributed by atoms with Crippen molar-refractivity contribution in [3.05, 3.63) is 22.0 Å². The number of nitrogens with two attached hydrogens (primary N) is 2. The summed E-state index contributed by atoms with van der Waals surface area (Å²) < 4.78 is 0. The summed E-state index contributed by atoms with van der Waals surface area (Å²) in [5.74, 6) is -0.583. The topological polar surface area (TPSA) is 147 Å². The van der Waals surface area contributed by atoms with E-state index in [2.05, 4.69) is 15.3 Å². The second-order valence-corrected chi connectivity index (χ2v) is 3.91. The molecule has 1 aliphatic heterocycles. The van der Waals surface area contributed by atoms with E-state index in [4.69, 9.17) is 21.4 Å². The minimum Gasteiger partial charge on any atom is -0.481 e. The fraction of sp³-hybridized carbons (Fsp3) is 0.364. The third kappa shape index (κ3) is 4.43. The molecule has 8 nitrogen and oxygen atoms in total. The van der Waals surface area contributed by atoms with E-state index in [0.717, 1.165) is 32.0 Å². The number of rotatable bonds is 1. The summed E-state index contributed by atoms with van der Waals surface area (Å²) in [6.07, 6.45) is 2.72. The molecule has 0 aromatic carbocycles. The van der Waals surface area contributed by atoms with Gasteiger partial charge in [-0.1, -0.05) is 6.08 Å². The van der Waals surface area contributed by atoms with Crippen LogP contribution in [0.4, 0.5) is 11.8 Å². The Hall–Kier alpha value is -2.35. The summed E-state index contributed by atoms with van der Waals surface area (Å²) in [6, 6.07) is 0. The molecule has 0 bridgehead atoms. The zero-order chi connectivity index (χ0) is 14.4. The second-order valence-electron chi connectivity index (χ2n) is 3.91. The number of nitrogens with one attached hydrogen (secondary N) is 2. The van der Waals surface area contributed by atoms with Crippen LogP contribution < -0.4 is 22.3 Å². The first-order valence-corrected chi connectivity index (χ1v) is 5.66. The molecule has 7 N–H and O–H groups in total. The molecule has 0 radical (unpaired) electrons. The first-order chi connectivity index (χ1) is 8.91. The molecule has 0 aliphatic carbocycles. The fourth-order valence-electron chi connectivity index (χ4n) is 1.67. The zero-order valence-corrected chi connectivity index (χ0v) is 10.6. The highest BCUT2D eigenvalue weighted by atomic mass is 16.4. The minimum absolute atomic E-state index is 0.0517. The second kappa shape index (κ2) is 6.55. The van der Waals surface area contributed by atoms with Crippen LogP contribution in [0.2, 0.25) is 0 Å². The lowest BCUT2D eigenvalue weighted by Crippen LogP contribution is -2.24. The van der Waals surface area contributed by atoms with Crippen molar-refractivity contribution in [1.29, 1.82) is 0 Å². The minimum atomic E-state index is -0.833. The maximum absolute atomic E-state index is 11.6. The summed E-state index contributed by atoms with van der Waals surface area (Å²) in [5.41, 5.74) is 12.2. The number of aromatic nitrogens is 2. The van der Waals surface area contributed by atoms with Gasteiger partial charge in [0, 0.05) is 13.5 Å². The highest BCUT2D eigenvalue weighted by Gasteiger charge is 2.14. The molecule has 0 saturated carbocycles. The summed E-state index contributed by atoms with van der Waals surface area (Å²) in [6.45, 7) is 2.67. The van der Waals surface area contributed by atoms with Crippen LogP contribution in [0.1, 0.15) is 18.9 Å². The van der Waals surface area contributed by atoms with E-state index < -0.39 is 5.97 Å². The molecule has 2 heterocycles. The smallest absolute Gasteiger partial charge is 0.300 e. The van der Waals surface area contributed by atoms with E-state index in [1.807, 2.05) is 6.08 Å². The van der Waals surface area contributed by atoms with Crippen LogP contribution in [0.25, 0.3) is 5.57 Å². The molecule has 0 spiro atoms. The predicted octanol–water partition coefficient (Wildman–Crippen LogP) is -0.598. The van der Waals surface area contributed by atoms with Gasteiger partial charge in [0.1, 0.15) is 5.82 Å². The number of hydrogen-bond donors (Lipinski definition) is 5. The number of nitrogens with zero attached hydrogens (tertiary/aromatic N) is 1. The molecule has 0 unspecified atom stereocenters. The van der Waals surface area contributed by atoms with Crippen molar-refractivity contribution in [3.8, 4) is 0 Å². The summed E-state index contributed by atoms with van der Waals surface area (Å²) in [4.78, 5) is 26.9. The number of aliphatic carboxylic acids is 1. The molecule has 104 valence electrons. The van der Waals surface area contributed by atoms with E-state index >= 15 is 0 Å². The highest BCUT2D eigenvalue weighted by molar-refractivity contribution is 5.73. The molecule has 0 saturated heterocycles. The maximum atomic E-state index is 11.6. The van der Waals surface area contributed by atoms with Crippen molar-refractivity contribution in [2.45, 2.75) is 13.3 Å². The van der Waals surface area contributed by atoms with E-state index in [1.54, 1.807) is 0 Å². The van der Waals surface area contributed by atoms with E-state index in [1.165, 1.54) is 0 Å². The van der Waals surface area contributed by atoms with Crippen molar-refractivity contribution in [3.63, 3.8) is 0 Å². The number of aromatic amines is 1. The van der Waals surface area contributed by atoms with Gasteiger partial charge in [-0.25, -0.2) is 0 Å². The molecule has 1 aromatic heterocycles. The molecule has 1 aromatic rings. The summed E-state index contributed by atoms with van der Waals surface area (Å²) >= 11 is 0. The first kappa shape index (κ1) is 14.7. The van der Waals surface area contributed by atoms with E-state index in [0.29, 0.717) is 5.56 Å². The van der Waals surface area contributed by atoms with E-state index in [9.17, 15) is 4.79 Å². The molecule has 8 heteroatoms. The zero-order valence-electron chi connectivity index (χ0n) is 10.6. The Kier molecular flexibility index (Phi) is 5.07. The third-order valence-corrected chi connectivity index (χ3v) is 2.35. The Labute approximate surface area is 109 Å². The fourth-order valence-corrected chi connectivity index (χ4v) is 1.67. The van der Waals surface area contributed by atoms with Crippen LogP contribution in [-0.4, -0.2) is 34.1 Å². The number of anilines is 2. The van der Waals surface area contributed by atoms with Gasteiger partial charge in [-0.3, -0.25) is 14.6 Å². The van der Waals surface area contributed by atoms with Crippen LogP contribution in [0.15, 0.2) is 10.9 Å². The Bertz CT molecular complexity index is 546. The van der Waals surface area contributed by atoms with Gasteiger partial charge in [-0.15, -0.1) is 0 Å². The van der Waals surface area contributed by atoms with Crippen molar-refractivity contribution >= 4 is 23.3 Å². The van der Waals surface area contributed by atoms with Crippen LogP contribution in [-0.2, 0) is 4.79 Å². The van der Waals surface area contributed by atoms with Crippen molar-refractivity contribution in [2.24, 2.45) is 0 Å². The Morgan fingerprint density at radius 2 is 2.11 bits per heavy atom. The summed E-state index contributed by atoms with van der Waals surface area (Å²) in [5, 5.41) is 10.6. The average Bonchev–Trinajstić information content (AvgIpc) is 2.28. The Balaban J connectivity index is 0.000000399. The average molecular weight is 267 g/mol. The SMILES string of the molecule is CC(=O)O.Nc1nc(N)c(C2=CCNCC2)c(=O)[nH]1. The molecule has 19 heavy (non-hydrogen) atoms. The lowest BCUT2D eigenvalue weighted by atomic mass is 10.0. The molecule has 0 fully saturated rings. The monoisotopic (exact) mass is 267 g/mol. The predicted molar refractivity (Wildman–Crippen MR) is 72.5 cm³/mol. The van der Waals surface area contributed by atoms with Gasteiger partial charge < -0.3 is 21.9 Å². The van der Waals surface area contributed by atoms with Crippen molar-refractivity contribution in [1.82, 2.24) is 15.3 Å². The standard InChI is InChI=1S/C9H13N5O.C2H4O2/c10-7-6(5-1-3-12-4-2-5)8(15)14-9(11)13-7;1-2(3)4/h1,12H,2-4H2,(H5,10,11,13,14,15);1H3,(H,3,4). The molecular weight excluding hydrogens is 250 g/mol. The molecule has 1 aliphatic rings. The van der Waals surface area contributed by atoms with Gasteiger partial charge in [0.15, 0.2) is 0 Å². The lowest BCUT2D eigenvalue weighted by molar-refractivity contribution is -0.134. The van der Waals surface area contributed by atoms with Crippen molar-refractivity contribution in [2.75, 3.05) is 24.6 Å². The maximum Gasteiger partial charge on any atom is 0.300 e. The number of H-pyrrole nitrogens is 1. The van der Waals surface area contributed by atoms with Gasteiger partial charge in [-0.05, 0) is 18.5 Å². The summed E-state index contributed by atoms with van der Waals surface area (Å²) in [7, 11) is 0. The molecule has 0 amide bonds. The quantitative estimate of drug-likeness (QED) is 0.456. The third-order valence-electron chi connectivity index (χ3n) is 2.35. The first-order valence-electron chi connectivity index (χ1n) is 5.66. The van der Waals surface area contributed by atoms with Crippen molar-refractivity contribution < 1.29 is 9.90 Å². The van der Waals surface area contributed by atoms with Gasteiger partial charge in [-0.2, -0.15) is 4.98 Å². The van der Waals surface area contributed by atoms with E-state index in [-0.39, 0.29) is 17.3 Å². The van der Waals surface area contributed by atoms with Crippen LogP contribution in [0.5, 0.6) is 0 Å². The Morgan fingerprint density at radius 1 is 1.47 bits per heavy atom. The van der Waals surface area contributed by atoms with Gasteiger partial charge in [0.2, 0.25) is 5.95 Å². The number of hydrogen-bond acceptors (Lipinski definition) is 6.